The Balaban J connectivity index is 1.68. The zero-order valence-corrected chi connectivity index (χ0v) is 13.3. The molecule has 2 amide bonds. The number of carbonyl (C=O) groups excluding carboxylic acids is 2. The third-order valence-corrected chi connectivity index (χ3v) is 5.31. The molecule has 23 heavy (non-hydrogen) atoms. The summed E-state index contributed by atoms with van der Waals surface area (Å²) in [6, 6.07) is 9.24. The molecular weight excluding hydrogens is 292 g/mol. The number of hydrogen-bond acceptors (Lipinski definition) is 3. The van der Waals surface area contributed by atoms with E-state index in [0.717, 1.165) is 31.2 Å². The summed E-state index contributed by atoms with van der Waals surface area (Å²) in [4.78, 5) is 25.2. The lowest BCUT2D eigenvalue weighted by Gasteiger charge is -2.31. The predicted molar refractivity (Wildman–Crippen MR) is 86.4 cm³/mol. The van der Waals surface area contributed by atoms with Crippen LogP contribution >= 0.6 is 0 Å². The summed E-state index contributed by atoms with van der Waals surface area (Å²) in [5.41, 5.74) is -0.175. The topological polar surface area (TPSA) is 78.4 Å². The summed E-state index contributed by atoms with van der Waals surface area (Å²) in [6.45, 7) is 0.689. The third-order valence-electron chi connectivity index (χ3n) is 5.31. The van der Waals surface area contributed by atoms with Crippen LogP contribution in [-0.4, -0.2) is 30.0 Å². The Morgan fingerprint density at radius 1 is 1.30 bits per heavy atom. The van der Waals surface area contributed by atoms with Gasteiger partial charge in [0.2, 0.25) is 11.8 Å². The van der Waals surface area contributed by atoms with Crippen LogP contribution in [0.15, 0.2) is 30.3 Å². The van der Waals surface area contributed by atoms with E-state index in [1.807, 2.05) is 30.3 Å². The second-order valence-electron chi connectivity index (χ2n) is 6.60. The summed E-state index contributed by atoms with van der Waals surface area (Å²) < 4.78 is 0. The molecule has 1 aromatic carbocycles. The van der Waals surface area contributed by atoms with Crippen molar-refractivity contribution in [1.29, 1.82) is 0 Å². The van der Waals surface area contributed by atoms with Gasteiger partial charge < -0.3 is 15.7 Å². The molecular formula is C18H24N2O3. The van der Waals surface area contributed by atoms with Crippen molar-refractivity contribution in [2.75, 3.05) is 13.1 Å². The highest BCUT2D eigenvalue weighted by Gasteiger charge is 2.54. The number of aliphatic hydroxyl groups is 1. The van der Waals surface area contributed by atoms with Gasteiger partial charge in [-0.15, -0.1) is 0 Å². The molecule has 2 aliphatic rings. The average molecular weight is 316 g/mol. The monoisotopic (exact) mass is 316 g/mol. The molecule has 0 spiro atoms. The lowest BCUT2D eigenvalue weighted by Crippen LogP contribution is -2.50. The van der Waals surface area contributed by atoms with Crippen molar-refractivity contribution in [3.05, 3.63) is 35.9 Å². The first kappa shape index (κ1) is 16.0. The maximum Gasteiger partial charge on any atom is 0.236 e. The molecule has 3 N–H and O–H groups in total. The quantitative estimate of drug-likeness (QED) is 0.721. The van der Waals surface area contributed by atoms with Gasteiger partial charge in [0.15, 0.2) is 0 Å². The number of amides is 2. The maximum atomic E-state index is 12.8. The Bertz CT molecular complexity index is 569. The molecule has 1 unspecified atom stereocenters. The van der Waals surface area contributed by atoms with Gasteiger partial charge in [-0.3, -0.25) is 9.59 Å². The van der Waals surface area contributed by atoms with Gasteiger partial charge in [-0.25, -0.2) is 0 Å². The molecule has 1 aliphatic heterocycles. The summed E-state index contributed by atoms with van der Waals surface area (Å²) in [7, 11) is 0. The van der Waals surface area contributed by atoms with Gasteiger partial charge >= 0.3 is 0 Å². The molecule has 1 aliphatic carbocycles. The second kappa shape index (κ2) is 6.71. The summed E-state index contributed by atoms with van der Waals surface area (Å²) in [5, 5.41) is 15.9. The van der Waals surface area contributed by atoms with E-state index in [1.54, 1.807) is 0 Å². The third kappa shape index (κ3) is 2.98. The Morgan fingerprint density at radius 3 is 2.61 bits per heavy atom. The molecule has 0 aromatic heterocycles. The van der Waals surface area contributed by atoms with E-state index in [9.17, 15) is 14.7 Å². The highest BCUT2D eigenvalue weighted by Crippen LogP contribution is 2.44. The van der Waals surface area contributed by atoms with Gasteiger partial charge in [0.25, 0.3) is 0 Å². The molecule has 5 nitrogen and oxygen atoms in total. The summed E-state index contributed by atoms with van der Waals surface area (Å²) in [6.07, 6.45) is 3.83. The van der Waals surface area contributed by atoms with Crippen LogP contribution in [-0.2, 0) is 9.59 Å². The van der Waals surface area contributed by atoms with Crippen molar-refractivity contribution in [3.8, 4) is 0 Å². The number of benzene rings is 1. The van der Waals surface area contributed by atoms with Gasteiger partial charge in [0, 0.05) is 13.1 Å². The molecule has 2 atom stereocenters. The van der Waals surface area contributed by atoms with Crippen LogP contribution in [0.3, 0.4) is 0 Å². The molecule has 1 heterocycles. The fraction of sp³-hybridized carbons (Fsp3) is 0.556. The SMILES string of the molecule is O=C1NCCC1(C(=O)NC[C@H](O)c1ccccc1)C1CCCC1. The first-order valence-corrected chi connectivity index (χ1v) is 8.44. The van der Waals surface area contributed by atoms with Crippen LogP contribution in [0.1, 0.15) is 43.8 Å². The van der Waals surface area contributed by atoms with Crippen LogP contribution in [0.4, 0.5) is 0 Å². The molecule has 1 saturated carbocycles. The van der Waals surface area contributed by atoms with Gasteiger partial charge in [0.1, 0.15) is 5.41 Å². The van der Waals surface area contributed by atoms with Crippen molar-refractivity contribution >= 4 is 11.8 Å². The number of rotatable bonds is 5. The Kier molecular flexibility index (Phi) is 4.66. The van der Waals surface area contributed by atoms with Gasteiger partial charge in [-0.2, -0.15) is 0 Å². The minimum Gasteiger partial charge on any atom is -0.387 e. The first-order valence-electron chi connectivity index (χ1n) is 8.44. The van der Waals surface area contributed by atoms with Gasteiger partial charge in [-0.05, 0) is 30.7 Å². The highest BCUT2D eigenvalue weighted by molar-refractivity contribution is 6.06. The number of aliphatic hydroxyl groups excluding tert-OH is 1. The molecule has 2 fully saturated rings. The Hall–Kier alpha value is -1.88. The normalized spacial score (nSPS) is 26.0. The standard InChI is InChI=1S/C18H24N2O3/c21-15(13-6-2-1-3-7-13)12-20-17(23)18(10-11-19-16(18)22)14-8-4-5-9-14/h1-3,6-7,14-15,21H,4-5,8-12H2,(H,19,22)(H,20,23)/t15-,18?/m0/s1. The zero-order valence-electron chi connectivity index (χ0n) is 13.3. The summed E-state index contributed by atoms with van der Waals surface area (Å²) in [5.74, 6) is -0.246. The molecule has 124 valence electrons. The second-order valence-corrected chi connectivity index (χ2v) is 6.60. The highest BCUT2D eigenvalue weighted by atomic mass is 16.3. The fourth-order valence-corrected chi connectivity index (χ4v) is 3.99. The van der Waals surface area contributed by atoms with E-state index >= 15 is 0 Å². The molecule has 3 rings (SSSR count). The Labute approximate surface area is 136 Å². The molecule has 0 radical (unpaired) electrons. The Morgan fingerprint density at radius 2 is 2.00 bits per heavy atom. The van der Waals surface area contributed by atoms with Crippen molar-refractivity contribution in [2.24, 2.45) is 11.3 Å². The van der Waals surface area contributed by atoms with E-state index in [1.165, 1.54) is 0 Å². The van der Waals surface area contributed by atoms with E-state index in [-0.39, 0.29) is 24.3 Å². The molecule has 5 heteroatoms. The van der Waals surface area contributed by atoms with E-state index < -0.39 is 11.5 Å². The van der Waals surface area contributed by atoms with Crippen molar-refractivity contribution in [2.45, 2.75) is 38.2 Å². The van der Waals surface area contributed by atoms with E-state index in [2.05, 4.69) is 10.6 Å². The maximum absolute atomic E-state index is 12.8. The van der Waals surface area contributed by atoms with Gasteiger partial charge in [-0.1, -0.05) is 43.2 Å². The van der Waals surface area contributed by atoms with Crippen molar-refractivity contribution in [3.63, 3.8) is 0 Å². The lowest BCUT2D eigenvalue weighted by atomic mass is 9.72. The zero-order chi connectivity index (χ0) is 16.3. The van der Waals surface area contributed by atoms with Crippen LogP contribution in [0, 0.1) is 11.3 Å². The average Bonchev–Trinajstić information content (AvgIpc) is 3.23. The fourth-order valence-electron chi connectivity index (χ4n) is 3.99. The minimum absolute atomic E-state index is 0.124. The smallest absolute Gasteiger partial charge is 0.236 e. The molecule has 1 saturated heterocycles. The van der Waals surface area contributed by atoms with E-state index in [4.69, 9.17) is 0 Å². The summed E-state index contributed by atoms with van der Waals surface area (Å²) >= 11 is 0. The van der Waals surface area contributed by atoms with Gasteiger partial charge in [0.05, 0.1) is 6.10 Å². The minimum atomic E-state index is -0.938. The van der Waals surface area contributed by atoms with Crippen LogP contribution < -0.4 is 10.6 Å². The lowest BCUT2D eigenvalue weighted by molar-refractivity contribution is -0.145. The molecule has 1 aromatic rings. The van der Waals surface area contributed by atoms with Crippen molar-refractivity contribution < 1.29 is 14.7 Å². The number of carbonyl (C=O) groups is 2. The van der Waals surface area contributed by atoms with Crippen molar-refractivity contribution in [1.82, 2.24) is 10.6 Å². The van der Waals surface area contributed by atoms with Crippen LogP contribution in [0.25, 0.3) is 0 Å². The largest absolute Gasteiger partial charge is 0.387 e. The van der Waals surface area contributed by atoms with Crippen LogP contribution in [0.5, 0.6) is 0 Å². The van der Waals surface area contributed by atoms with Crippen LogP contribution in [0.2, 0.25) is 0 Å². The number of hydrogen-bond donors (Lipinski definition) is 3. The first-order chi connectivity index (χ1) is 11.1. The molecule has 0 bridgehead atoms. The number of nitrogens with one attached hydrogen (secondary N) is 2. The predicted octanol–water partition coefficient (Wildman–Crippen LogP) is 1.53. The van der Waals surface area contributed by atoms with E-state index in [0.29, 0.717) is 13.0 Å².